The number of anilines is 1. The lowest BCUT2D eigenvalue weighted by Crippen LogP contribution is -2.16. The fourth-order valence-corrected chi connectivity index (χ4v) is 3.55. The van der Waals surface area contributed by atoms with Crippen LogP contribution in [0.2, 0.25) is 0 Å². The number of nitrogens with zero attached hydrogens (tertiary/aromatic N) is 3. The van der Waals surface area contributed by atoms with E-state index in [4.69, 9.17) is 21.9 Å². The number of aliphatic imine (C=N–C) groups is 2. The van der Waals surface area contributed by atoms with Gasteiger partial charge >= 0.3 is 0 Å². The van der Waals surface area contributed by atoms with Gasteiger partial charge in [-0.15, -0.1) is 0 Å². The second kappa shape index (κ2) is 9.42. The van der Waals surface area contributed by atoms with E-state index in [0.29, 0.717) is 46.8 Å². The molecule has 7 nitrogen and oxygen atoms in total. The summed E-state index contributed by atoms with van der Waals surface area (Å²) in [4.78, 5) is 13.1. The molecule has 0 spiro atoms. The molecule has 0 aliphatic carbocycles. The lowest BCUT2D eigenvalue weighted by Gasteiger charge is -2.23. The monoisotopic (exact) mass is 422 g/mol. The van der Waals surface area contributed by atoms with Gasteiger partial charge in [-0.2, -0.15) is 0 Å². The molecule has 0 amide bonds. The van der Waals surface area contributed by atoms with Crippen LogP contribution in [0.15, 0.2) is 57.8 Å². The minimum absolute atomic E-state index is 0.224. The molecule has 0 saturated heterocycles. The SMILES string of the molecule is CCN=C1C(=CN)CC(C=NC)=C(N)c2ccc(F)cc2C(C)Oc2cc1cnc2N. The summed E-state index contributed by atoms with van der Waals surface area (Å²) >= 11 is 0. The summed E-state index contributed by atoms with van der Waals surface area (Å²) in [6.45, 7) is 4.29. The molecular formula is C23H27FN6O. The molecule has 1 aromatic carbocycles. The van der Waals surface area contributed by atoms with Crippen LogP contribution < -0.4 is 21.9 Å². The van der Waals surface area contributed by atoms with Crippen LogP contribution in [0.25, 0.3) is 5.70 Å². The van der Waals surface area contributed by atoms with E-state index < -0.39 is 6.10 Å². The largest absolute Gasteiger partial charge is 0.482 e. The summed E-state index contributed by atoms with van der Waals surface area (Å²) in [5.41, 5.74) is 23.2. The lowest BCUT2D eigenvalue weighted by atomic mass is 9.92. The van der Waals surface area contributed by atoms with Gasteiger partial charge in [0.2, 0.25) is 0 Å². The highest BCUT2D eigenvalue weighted by Crippen LogP contribution is 2.33. The molecule has 2 bridgehead atoms. The Kier molecular flexibility index (Phi) is 6.69. The number of rotatable bonds is 2. The average Bonchev–Trinajstić information content (AvgIpc) is 2.76. The number of hydrogen-bond acceptors (Lipinski definition) is 7. The number of aromatic nitrogens is 1. The summed E-state index contributed by atoms with van der Waals surface area (Å²) in [7, 11) is 1.66. The van der Waals surface area contributed by atoms with Crippen LogP contribution in [0.5, 0.6) is 5.75 Å². The molecule has 0 saturated carbocycles. The van der Waals surface area contributed by atoms with Crippen molar-refractivity contribution in [3.8, 4) is 5.75 Å². The average molecular weight is 423 g/mol. The highest BCUT2D eigenvalue weighted by atomic mass is 19.1. The first-order valence-electron chi connectivity index (χ1n) is 9.98. The van der Waals surface area contributed by atoms with Gasteiger partial charge in [-0.05, 0) is 55.5 Å². The third-order valence-corrected chi connectivity index (χ3v) is 5.03. The predicted molar refractivity (Wildman–Crippen MR) is 124 cm³/mol. The Labute approximate surface area is 181 Å². The third kappa shape index (κ3) is 4.58. The van der Waals surface area contributed by atoms with Gasteiger partial charge in [-0.25, -0.2) is 9.37 Å². The van der Waals surface area contributed by atoms with E-state index in [2.05, 4.69) is 15.0 Å². The first-order valence-corrected chi connectivity index (χ1v) is 9.98. The van der Waals surface area contributed by atoms with E-state index in [1.807, 2.05) is 13.8 Å². The number of ether oxygens (including phenoxy) is 1. The van der Waals surface area contributed by atoms with E-state index in [9.17, 15) is 4.39 Å². The minimum atomic E-state index is -0.543. The quantitative estimate of drug-likeness (QED) is 0.640. The van der Waals surface area contributed by atoms with E-state index in [0.717, 1.165) is 11.1 Å². The Bertz CT molecular complexity index is 1100. The maximum atomic E-state index is 14.1. The minimum Gasteiger partial charge on any atom is -0.482 e. The first kappa shape index (κ1) is 22.0. The normalized spacial score (nSPS) is 19.8. The summed E-state index contributed by atoms with van der Waals surface area (Å²) < 4.78 is 20.2. The van der Waals surface area contributed by atoms with Crippen LogP contribution in [0.3, 0.4) is 0 Å². The van der Waals surface area contributed by atoms with E-state index >= 15 is 0 Å². The molecule has 162 valence electrons. The molecule has 0 radical (unpaired) electrons. The summed E-state index contributed by atoms with van der Waals surface area (Å²) in [5, 5.41) is 0. The smallest absolute Gasteiger partial charge is 0.166 e. The van der Waals surface area contributed by atoms with Gasteiger partial charge in [-0.1, -0.05) is 0 Å². The molecule has 31 heavy (non-hydrogen) atoms. The molecule has 1 aliphatic heterocycles. The van der Waals surface area contributed by atoms with E-state index in [1.165, 1.54) is 18.3 Å². The molecular weight excluding hydrogens is 395 g/mol. The number of hydrogen-bond donors (Lipinski definition) is 3. The van der Waals surface area contributed by atoms with Crippen molar-refractivity contribution in [2.24, 2.45) is 21.5 Å². The van der Waals surface area contributed by atoms with Gasteiger partial charge in [0.05, 0.1) is 5.71 Å². The third-order valence-electron chi connectivity index (χ3n) is 5.03. The molecule has 1 aliphatic rings. The second-order valence-corrected chi connectivity index (χ2v) is 7.12. The highest BCUT2D eigenvalue weighted by Gasteiger charge is 2.22. The predicted octanol–water partition coefficient (Wildman–Crippen LogP) is 3.37. The molecule has 0 fully saturated rings. The number of allylic oxidation sites excluding steroid dienone is 2. The molecule has 1 aromatic heterocycles. The number of benzene rings is 1. The molecule has 1 atom stereocenters. The molecule has 8 heteroatoms. The van der Waals surface area contributed by atoms with Crippen LogP contribution in [-0.2, 0) is 0 Å². The standard InChI is InChI=1S/C23H27FN6O/c1-4-29-22-14(10-25)7-15(11-28-3)21(26)18-6-5-17(24)9-19(18)13(2)31-20-8-16(22)12-30-23(20)27/h5-6,8-13H,4,7,25-26H2,1-3H3,(H2,27,30). The van der Waals surface area contributed by atoms with E-state index in [1.54, 1.807) is 31.6 Å². The molecule has 6 N–H and O–H groups in total. The van der Waals surface area contributed by atoms with Gasteiger partial charge in [0, 0.05) is 54.8 Å². The number of nitrogens with two attached hydrogens (primary N) is 3. The van der Waals surface area contributed by atoms with Crippen molar-refractivity contribution in [2.45, 2.75) is 26.4 Å². The second-order valence-electron chi connectivity index (χ2n) is 7.12. The Morgan fingerprint density at radius 2 is 2.06 bits per heavy atom. The van der Waals surface area contributed by atoms with Gasteiger partial charge in [0.25, 0.3) is 0 Å². The van der Waals surface area contributed by atoms with Crippen LogP contribution >= 0.6 is 0 Å². The van der Waals surface area contributed by atoms with Crippen molar-refractivity contribution in [2.75, 3.05) is 19.3 Å². The van der Waals surface area contributed by atoms with Crippen LogP contribution in [0.1, 0.15) is 43.1 Å². The molecule has 2 aromatic rings. The van der Waals surface area contributed by atoms with Crippen LogP contribution in [0, 0.1) is 5.82 Å². The fraction of sp³-hybridized carbons (Fsp3) is 0.261. The van der Waals surface area contributed by atoms with Gasteiger partial charge in [0.1, 0.15) is 11.9 Å². The van der Waals surface area contributed by atoms with Gasteiger partial charge in [0.15, 0.2) is 11.6 Å². The zero-order chi connectivity index (χ0) is 22.5. The lowest BCUT2D eigenvalue weighted by molar-refractivity contribution is 0.226. The Balaban J connectivity index is 2.34. The molecule has 3 rings (SSSR count). The first-order chi connectivity index (χ1) is 14.9. The number of halogens is 1. The van der Waals surface area contributed by atoms with Gasteiger partial charge in [-0.3, -0.25) is 9.98 Å². The molecule has 2 heterocycles. The number of nitrogen functional groups attached to an aromatic ring is 1. The summed E-state index contributed by atoms with van der Waals surface area (Å²) in [5.74, 6) is 0.209. The maximum absolute atomic E-state index is 14.1. The fourth-order valence-electron chi connectivity index (χ4n) is 3.55. The highest BCUT2D eigenvalue weighted by molar-refractivity contribution is 6.13. The van der Waals surface area contributed by atoms with Crippen molar-refractivity contribution in [3.05, 3.63) is 70.3 Å². The van der Waals surface area contributed by atoms with Crippen molar-refractivity contribution in [1.82, 2.24) is 4.98 Å². The summed E-state index contributed by atoms with van der Waals surface area (Å²) in [6, 6.07) is 6.19. The van der Waals surface area contributed by atoms with Crippen molar-refractivity contribution in [1.29, 1.82) is 0 Å². The Morgan fingerprint density at radius 1 is 1.29 bits per heavy atom. The topological polar surface area (TPSA) is 125 Å². The number of pyridine rings is 1. The van der Waals surface area contributed by atoms with Gasteiger partial charge < -0.3 is 21.9 Å². The summed E-state index contributed by atoms with van der Waals surface area (Å²) in [6.07, 6.45) is 4.65. The van der Waals surface area contributed by atoms with Crippen molar-refractivity contribution >= 4 is 23.4 Å². The zero-order valence-electron chi connectivity index (χ0n) is 17.9. The van der Waals surface area contributed by atoms with Crippen molar-refractivity contribution < 1.29 is 9.13 Å². The Hall–Kier alpha value is -3.68. The maximum Gasteiger partial charge on any atom is 0.166 e. The van der Waals surface area contributed by atoms with Crippen molar-refractivity contribution in [3.63, 3.8) is 0 Å². The zero-order valence-corrected chi connectivity index (χ0v) is 17.9. The van der Waals surface area contributed by atoms with E-state index in [-0.39, 0.29) is 11.6 Å². The molecule has 1 unspecified atom stereocenters. The Morgan fingerprint density at radius 3 is 2.74 bits per heavy atom. The number of fused-ring (bicyclic) bond motifs is 3. The van der Waals surface area contributed by atoms with Crippen LogP contribution in [-0.4, -0.2) is 30.5 Å². The van der Waals surface area contributed by atoms with Crippen LogP contribution in [0.4, 0.5) is 10.2 Å².